The molecule has 26 heavy (non-hydrogen) atoms. The van der Waals surface area contributed by atoms with Crippen molar-refractivity contribution in [1.82, 2.24) is 24.8 Å². The minimum absolute atomic E-state index is 0.126. The molecule has 0 unspecified atom stereocenters. The van der Waals surface area contributed by atoms with Crippen molar-refractivity contribution in [2.24, 2.45) is 0 Å². The van der Waals surface area contributed by atoms with Crippen LogP contribution in [0.1, 0.15) is 27.6 Å². The third kappa shape index (κ3) is 4.44. The van der Waals surface area contributed by atoms with Gasteiger partial charge in [0.1, 0.15) is 11.5 Å². The first-order chi connectivity index (χ1) is 12.5. The maximum absolute atomic E-state index is 12.3. The number of rotatable bonds is 8. The molecule has 3 rings (SSSR count). The molecule has 0 aliphatic rings. The number of amides is 1. The SMILES string of the molecule is Cc1c(C(=O)NCCSCc2ccc(CN(C)C)o2)cnc2ccnn12. The summed E-state index contributed by atoms with van der Waals surface area (Å²) < 4.78 is 7.45. The highest BCUT2D eigenvalue weighted by molar-refractivity contribution is 7.98. The Morgan fingerprint density at radius 3 is 2.92 bits per heavy atom. The lowest BCUT2D eigenvalue weighted by Crippen LogP contribution is -2.27. The monoisotopic (exact) mass is 373 g/mol. The molecular weight excluding hydrogens is 350 g/mol. The number of aromatic nitrogens is 3. The predicted molar refractivity (Wildman–Crippen MR) is 102 cm³/mol. The first-order valence-electron chi connectivity index (χ1n) is 8.42. The van der Waals surface area contributed by atoms with Gasteiger partial charge in [-0.1, -0.05) is 0 Å². The van der Waals surface area contributed by atoms with Gasteiger partial charge in [-0.05, 0) is 33.2 Å². The molecule has 8 heteroatoms. The molecule has 0 bridgehead atoms. The molecule has 138 valence electrons. The van der Waals surface area contributed by atoms with Crippen LogP contribution in [0.3, 0.4) is 0 Å². The number of thioether (sulfide) groups is 1. The average Bonchev–Trinajstić information content (AvgIpc) is 3.24. The van der Waals surface area contributed by atoms with Gasteiger partial charge in [-0.25, -0.2) is 9.50 Å². The van der Waals surface area contributed by atoms with E-state index in [0.29, 0.717) is 12.1 Å². The molecule has 0 aliphatic carbocycles. The number of nitrogens with one attached hydrogen (secondary N) is 1. The highest BCUT2D eigenvalue weighted by atomic mass is 32.2. The molecule has 0 aromatic carbocycles. The van der Waals surface area contributed by atoms with Gasteiger partial charge in [0.15, 0.2) is 5.65 Å². The summed E-state index contributed by atoms with van der Waals surface area (Å²) in [6.07, 6.45) is 3.27. The number of carbonyl (C=O) groups excluding carboxylic acids is 1. The minimum atomic E-state index is -0.126. The largest absolute Gasteiger partial charge is 0.464 e. The highest BCUT2D eigenvalue weighted by Gasteiger charge is 2.12. The zero-order chi connectivity index (χ0) is 18.5. The Balaban J connectivity index is 1.43. The summed E-state index contributed by atoms with van der Waals surface area (Å²) >= 11 is 1.73. The van der Waals surface area contributed by atoms with Crippen LogP contribution in [-0.2, 0) is 12.3 Å². The van der Waals surface area contributed by atoms with E-state index < -0.39 is 0 Å². The van der Waals surface area contributed by atoms with E-state index in [1.807, 2.05) is 39.2 Å². The van der Waals surface area contributed by atoms with Crippen molar-refractivity contribution >= 4 is 23.3 Å². The van der Waals surface area contributed by atoms with Crippen LogP contribution in [0, 0.1) is 6.92 Å². The fourth-order valence-corrected chi connectivity index (χ4v) is 3.36. The van der Waals surface area contributed by atoms with Crippen molar-refractivity contribution in [3.63, 3.8) is 0 Å². The first-order valence-corrected chi connectivity index (χ1v) is 9.57. The molecule has 0 atom stereocenters. The van der Waals surface area contributed by atoms with Gasteiger partial charge in [0.25, 0.3) is 5.91 Å². The van der Waals surface area contributed by atoms with Crippen LogP contribution in [0.5, 0.6) is 0 Å². The van der Waals surface area contributed by atoms with E-state index in [0.717, 1.165) is 40.9 Å². The van der Waals surface area contributed by atoms with E-state index >= 15 is 0 Å². The van der Waals surface area contributed by atoms with Gasteiger partial charge in [0, 0.05) is 24.6 Å². The first kappa shape index (κ1) is 18.5. The molecule has 0 radical (unpaired) electrons. The third-order valence-corrected chi connectivity index (χ3v) is 4.85. The topological polar surface area (TPSA) is 75.7 Å². The summed E-state index contributed by atoms with van der Waals surface area (Å²) in [5.41, 5.74) is 2.07. The van der Waals surface area contributed by atoms with E-state index in [4.69, 9.17) is 4.42 Å². The molecule has 0 fully saturated rings. The smallest absolute Gasteiger partial charge is 0.254 e. The average molecular weight is 373 g/mol. The molecule has 1 N–H and O–H groups in total. The van der Waals surface area contributed by atoms with Gasteiger partial charge in [-0.15, -0.1) is 0 Å². The second kappa shape index (κ2) is 8.37. The molecule has 3 aromatic rings. The van der Waals surface area contributed by atoms with Gasteiger partial charge >= 0.3 is 0 Å². The van der Waals surface area contributed by atoms with Crippen LogP contribution < -0.4 is 5.32 Å². The predicted octanol–water partition coefficient (Wildman–Crippen LogP) is 2.36. The maximum Gasteiger partial charge on any atom is 0.254 e. The fourth-order valence-electron chi connectivity index (χ4n) is 2.61. The van der Waals surface area contributed by atoms with Crippen molar-refractivity contribution in [2.75, 3.05) is 26.4 Å². The number of furan rings is 1. The lowest BCUT2D eigenvalue weighted by Gasteiger charge is -2.08. The van der Waals surface area contributed by atoms with E-state index in [1.54, 1.807) is 28.7 Å². The number of hydrogen-bond donors (Lipinski definition) is 1. The Morgan fingerprint density at radius 1 is 1.31 bits per heavy atom. The van der Waals surface area contributed by atoms with Crippen LogP contribution in [-0.4, -0.2) is 51.8 Å². The molecule has 1 amide bonds. The molecule has 3 heterocycles. The summed E-state index contributed by atoms with van der Waals surface area (Å²) in [7, 11) is 4.03. The highest BCUT2D eigenvalue weighted by Crippen LogP contribution is 2.16. The van der Waals surface area contributed by atoms with Gasteiger partial charge in [-0.2, -0.15) is 16.9 Å². The zero-order valence-corrected chi connectivity index (χ0v) is 16.0. The standard InChI is InChI=1S/C18H23N5O2S/c1-13-16(10-20-17-6-7-21-23(13)17)18(24)19-8-9-26-12-15-5-4-14(25-15)11-22(2)3/h4-7,10H,8-9,11-12H2,1-3H3,(H,19,24). The lowest BCUT2D eigenvalue weighted by atomic mass is 10.2. The van der Waals surface area contributed by atoms with Crippen molar-refractivity contribution in [1.29, 1.82) is 0 Å². The fraction of sp³-hybridized carbons (Fsp3) is 0.389. The van der Waals surface area contributed by atoms with Gasteiger partial charge in [0.05, 0.1) is 29.8 Å². The van der Waals surface area contributed by atoms with E-state index in [-0.39, 0.29) is 5.91 Å². The van der Waals surface area contributed by atoms with Gasteiger partial charge in [-0.3, -0.25) is 4.79 Å². The Hall–Kier alpha value is -2.32. The molecule has 7 nitrogen and oxygen atoms in total. The van der Waals surface area contributed by atoms with Crippen LogP contribution >= 0.6 is 11.8 Å². The summed E-state index contributed by atoms with van der Waals surface area (Å²) in [4.78, 5) is 18.7. The van der Waals surface area contributed by atoms with E-state index in [2.05, 4.69) is 20.3 Å². The van der Waals surface area contributed by atoms with Crippen molar-refractivity contribution in [3.05, 3.63) is 53.4 Å². The van der Waals surface area contributed by atoms with Crippen LogP contribution in [0.4, 0.5) is 0 Å². The quantitative estimate of drug-likeness (QED) is 0.611. The van der Waals surface area contributed by atoms with E-state index in [1.165, 1.54) is 0 Å². The number of carbonyl (C=O) groups is 1. The number of aryl methyl sites for hydroxylation is 1. The molecule has 3 aromatic heterocycles. The zero-order valence-electron chi connectivity index (χ0n) is 15.2. The molecule has 0 aliphatic heterocycles. The van der Waals surface area contributed by atoms with Crippen molar-refractivity contribution in [3.8, 4) is 0 Å². The van der Waals surface area contributed by atoms with Crippen LogP contribution in [0.25, 0.3) is 5.65 Å². The van der Waals surface area contributed by atoms with Crippen molar-refractivity contribution < 1.29 is 9.21 Å². The Labute approximate surface area is 156 Å². The van der Waals surface area contributed by atoms with Gasteiger partial charge < -0.3 is 14.6 Å². The summed E-state index contributed by atoms with van der Waals surface area (Å²) in [5.74, 6) is 3.41. The Bertz CT molecular complexity index is 887. The number of fused-ring (bicyclic) bond motifs is 1. The number of nitrogens with zero attached hydrogens (tertiary/aromatic N) is 4. The normalized spacial score (nSPS) is 11.4. The summed E-state index contributed by atoms with van der Waals surface area (Å²) in [6.45, 7) is 3.26. The Kier molecular flexibility index (Phi) is 5.95. The molecule has 0 spiro atoms. The second-order valence-corrected chi connectivity index (χ2v) is 7.38. The second-order valence-electron chi connectivity index (χ2n) is 6.27. The number of hydrogen-bond acceptors (Lipinski definition) is 6. The van der Waals surface area contributed by atoms with Crippen LogP contribution in [0.15, 0.2) is 35.0 Å². The van der Waals surface area contributed by atoms with Crippen LogP contribution in [0.2, 0.25) is 0 Å². The summed E-state index contributed by atoms with van der Waals surface area (Å²) in [5, 5.41) is 7.12. The third-order valence-electron chi connectivity index (χ3n) is 3.87. The molecule has 0 saturated heterocycles. The molecular formula is C18H23N5O2S. The van der Waals surface area contributed by atoms with Gasteiger partial charge in [0.2, 0.25) is 0 Å². The lowest BCUT2D eigenvalue weighted by molar-refractivity contribution is 0.0954. The van der Waals surface area contributed by atoms with E-state index in [9.17, 15) is 4.79 Å². The maximum atomic E-state index is 12.3. The minimum Gasteiger partial charge on any atom is -0.464 e. The van der Waals surface area contributed by atoms with Crippen molar-refractivity contribution in [2.45, 2.75) is 19.2 Å². The Morgan fingerprint density at radius 2 is 2.12 bits per heavy atom. The summed E-state index contributed by atoms with van der Waals surface area (Å²) in [6, 6.07) is 5.83. The molecule has 0 saturated carbocycles.